The van der Waals surface area contributed by atoms with Crippen molar-refractivity contribution in [2.45, 2.75) is 43.9 Å². The topological polar surface area (TPSA) is 109 Å². The van der Waals surface area contributed by atoms with Crippen LogP contribution in [0.15, 0.2) is 75.1 Å². The number of unbranched alkanes of at least 4 members (excludes halogenated alkanes) is 2. The van der Waals surface area contributed by atoms with E-state index in [-0.39, 0.29) is 29.8 Å². The van der Waals surface area contributed by atoms with Gasteiger partial charge in [-0.1, -0.05) is 58.4 Å². The molecule has 5 rings (SSSR count). The highest BCUT2D eigenvalue weighted by Crippen LogP contribution is 2.35. The Bertz CT molecular complexity index is 1640. The molecule has 3 aromatic carbocycles. The predicted molar refractivity (Wildman–Crippen MR) is 165 cm³/mol. The zero-order valence-electron chi connectivity index (χ0n) is 23.1. The first-order chi connectivity index (χ1) is 20.4. The smallest absolute Gasteiger partial charge is 0.262 e. The van der Waals surface area contributed by atoms with Crippen LogP contribution in [0.25, 0.3) is 10.9 Å². The second-order valence-electron chi connectivity index (χ2n) is 9.73. The molecule has 0 fully saturated rings. The summed E-state index contributed by atoms with van der Waals surface area (Å²) in [5.41, 5.74) is 1.88. The number of aromatic nitrogens is 2. The van der Waals surface area contributed by atoms with E-state index in [0.717, 1.165) is 22.2 Å². The number of carbonyl (C=O) groups excluding carboxylic acids is 2. The van der Waals surface area contributed by atoms with Crippen molar-refractivity contribution < 1.29 is 23.8 Å². The van der Waals surface area contributed by atoms with E-state index in [2.05, 4.69) is 21.2 Å². The van der Waals surface area contributed by atoms with Gasteiger partial charge in [-0.2, -0.15) is 0 Å². The molecular weight excluding hydrogens is 622 g/mol. The van der Waals surface area contributed by atoms with Gasteiger partial charge in [-0.05, 0) is 48.7 Å². The largest absolute Gasteiger partial charge is 0.497 e. The molecule has 0 atom stereocenters. The summed E-state index contributed by atoms with van der Waals surface area (Å²) in [6.45, 7) is 0.967. The number of fused-ring (bicyclic) bond motifs is 2. The van der Waals surface area contributed by atoms with Crippen molar-refractivity contribution in [3.8, 4) is 17.2 Å². The maximum Gasteiger partial charge on any atom is 0.262 e. The number of ketones is 1. The average molecular weight is 653 g/mol. The summed E-state index contributed by atoms with van der Waals surface area (Å²) in [6.07, 6.45) is 2.52. The monoisotopic (exact) mass is 651 g/mol. The van der Waals surface area contributed by atoms with Gasteiger partial charge in [-0.25, -0.2) is 4.98 Å². The van der Waals surface area contributed by atoms with Crippen LogP contribution in [0.5, 0.6) is 17.2 Å². The summed E-state index contributed by atoms with van der Waals surface area (Å²) in [5.74, 6) is 1.89. The third-order valence-electron chi connectivity index (χ3n) is 6.85. The summed E-state index contributed by atoms with van der Waals surface area (Å²) < 4.78 is 18.6. The Morgan fingerprint density at radius 2 is 1.76 bits per heavy atom. The Kier molecular flexibility index (Phi) is 9.81. The lowest BCUT2D eigenvalue weighted by Crippen LogP contribution is -2.24. The van der Waals surface area contributed by atoms with Gasteiger partial charge in [0.2, 0.25) is 12.7 Å². The number of rotatable bonds is 13. The van der Waals surface area contributed by atoms with E-state index in [9.17, 15) is 14.4 Å². The molecule has 0 saturated heterocycles. The molecule has 218 valence electrons. The molecule has 9 nitrogen and oxygen atoms in total. The number of nitrogens with one attached hydrogen (secondary N) is 1. The van der Waals surface area contributed by atoms with Gasteiger partial charge in [0.25, 0.3) is 5.56 Å². The Morgan fingerprint density at radius 3 is 2.50 bits per heavy atom. The first-order valence-electron chi connectivity index (χ1n) is 13.6. The first kappa shape index (κ1) is 29.7. The lowest BCUT2D eigenvalue weighted by atomic mass is 10.1. The Labute approximate surface area is 255 Å². The van der Waals surface area contributed by atoms with Crippen LogP contribution in [0.4, 0.5) is 0 Å². The van der Waals surface area contributed by atoms with Crippen molar-refractivity contribution in [1.82, 2.24) is 14.9 Å². The molecule has 0 unspecified atom stereocenters. The van der Waals surface area contributed by atoms with Crippen LogP contribution in [0.1, 0.15) is 41.6 Å². The first-order valence-corrected chi connectivity index (χ1v) is 15.3. The van der Waals surface area contributed by atoms with Crippen LogP contribution in [0, 0.1) is 0 Å². The van der Waals surface area contributed by atoms with Crippen molar-refractivity contribution in [3.63, 3.8) is 0 Å². The second kappa shape index (κ2) is 13.9. The number of methoxy groups -OCH3 is 1. The van der Waals surface area contributed by atoms with E-state index < -0.39 is 0 Å². The zero-order chi connectivity index (χ0) is 29.5. The Balaban J connectivity index is 1.21. The molecule has 42 heavy (non-hydrogen) atoms. The fourth-order valence-electron chi connectivity index (χ4n) is 4.51. The van der Waals surface area contributed by atoms with Crippen LogP contribution < -0.4 is 25.1 Å². The van der Waals surface area contributed by atoms with E-state index >= 15 is 0 Å². The van der Waals surface area contributed by atoms with Crippen LogP contribution in [-0.4, -0.2) is 40.9 Å². The van der Waals surface area contributed by atoms with E-state index in [4.69, 9.17) is 19.2 Å². The van der Waals surface area contributed by atoms with Crippen LogP contribution in [0.3, 0.4) is 0 Å². The number of nitrogens with zero attached hydrogens (tertiary/aromatic N) is 2. The number of carbonyl (C=O) groups is 2. The van der Waals surface area contributed by atoms with Gasteiger partial charge in [0, 0.05) is 35.6 Å². The SMILES string of the molecule is COc1ccc(CNC(=O)CCCCCn2c(SCC(=O)c3ccc(Br)cc3)nc3cc4c(cc3c2=O)OCO4)cc1. The van der Waals surface area contributed by atoms with Gasteiger partial charge in [-0.15, -0.1) is 0 Å². The van der Waals surface area contributed by atoms with Crippen molar-refractivity contribution in [3.05, 3.63) is 86.6 Å². The van der Waals surface area contributed by atoms with Crippen molar-refractivity contribution in [1.29, 1.82) is 0 Å². The lowest BCUT2D eigenvalue weighted by molar-refractivity contribution is -0.121. The van der Waals surface area contributed by atoms with Crippen molar-refractivity contribution >= 4 is 50.3 Å². The highest BCUT2D eigenvalue weighted by molar-refractivity contribution is 9.10. The molecule has 1 amide bonds. The highest BCUT2D eigenvalue weighted by atomic mass is 79.9. The van der Waals surface area contributed by atoms with Crippen molar-refractivity contribution in [2.24, 2.45) is 0 Å². The maximum atomic E-state index is 13.6. The van der Waals surface area contributed by atoms with E-state index in [1.54, 1.807) is 35.9 Å². The van der Waals surface area contributed by atoms with Crippen molar-refractivity contribution in [2.75, 3.05) is 19.7 Å². The highest BCUT2D eigenvalue weighted by Gasteiger charge is 2.20. The number of benzene rings is 3. The normalized spacial score (nSPS) is 12.0. The quantitative estimate of drug-likeness (QED) is 0.0843. The molecule has 0 bridgehead atoms. The summed E-state index contributed by atoms with van der Waals surface area (Å²) >= 11 is 4.63. The molecule has 1 aliphatic heterocycles. The van der Waals surface area contributed by atoms with E-state index in [0.29, 0.717) is 65.5 Å². The molecule has 0 radical (unpaired) electrons. The number of hydrogen-bond donors (Lipinski definition) is 1. The molecule has 1 aliphatic rings. The number of ether oxygens (including phenoxy) is 3. The molecule has 4 aromatic rings. The van der Waals surface area contributed by atoms with Gasteiger partial charge < -0.3 is 19.5 Å². The lowest BCUT2D eigenvalue weighted by Gasteiger charge is -2.13. The van der Waals surface area contributed by atoms with Gasteiger partial charge in [0.1, 0.15) is 5.75 Å². The molecule has 0 spiro atoms. The number of hydrogen-bond acceptors (Lipinski definition) is 8. The van der Waals surface area contributed by atoms with Gasteiger partial charge >= 0.3 is 0 Å². The minimum absolute atomic E-state index is 0.0193. The van der Waals surface area contributed by atoms with Crippen LogP contribution >= 0.6 is 27.7 Å². The van der Waals surface area contributed by atoms with Gasteiger partial charge in [0.15, 0.2) is 22.4 Å². The fourth-order valence-corrected chi connectivity index (χ4v) is 5.70. The molecule has 2 heterocycles. The minimum atomic E-state index is -0.200. The molecule has 0 aliphatic carbocycles. The maximum absolute atomic E-state index is 13.6. The molecule has 1 aromatic heterocycles. The number of halogens is 1. The van der Waals surface area contributed by atoms with Crippen LogP contribution in [-0.2, 0) is 17.9 Å². The molecule has 1 N–H and O–H groups in total. The van der Waals surface area contributed by atoms with E-state index in [1.165, 1.54) is 11.8 Å². The third kappa shape index (κ3) is 7.32. The molecule has 0 saturated carbocycles. The van der Waals surface area contributed by atoms with E-state index in [1.807, 2.05) is 36.4 Å². The number of thioether (sulfide) groups is 1. The molecule has 11 heteroatoms. The second-order valence-corrected chi connectivity index (χ2v) is 11.6. The molecular formula is C31H30BrN3O6S. The minimum Gasteiger partial charge on any atom is -0.497 e. The summed E-state index contributed by atoms with van der Waals surface area (Å²) in [5, 5.41) is 3.84. The standard InChI is InChI=1S/C31H30BrN3O6S/c1-39-23-12-6-20(7-13-23)17-33-29(37)5-3-2-4-14-35-30(38)24-15-27-28(41-19-40-27)16-25(24)34-31(35)42-18-26(36)21-8-10-22(32)11-9-21/h6-13,15-16H,2-5,14,17-19H2,1H3,(H,33,37). The summed E-state index contributed by atoms with van der Waals surface area (Å²) in [7, 11) is 1.62. The summed E-state index contributed by atoms with van der Waals surface area (Å²) in [4.78, 5) is 43.5. The van der Waals surface area contributed by atoms with Gasteiger partial charge in [-0.3, -0.25) is 19.0 Å². The fraction of sp³-hybridized carbons (Fsp3) is 0.290. The Morgan fingerprint density at radius 1 is 1.02 bits per heavy atom. The average Bonchev–Trinajstić information content (AvgIpc) is 3.47. The zero-order valence-corrected chi connectivity index (χ0v) is 25.5. The predicted octanol–water partition coefficient (Wildman–Crippen LogP) is 5.75. The number of amides is 1. The summed E-state index contributed by atoms with van der Waals surface area (Å²) in [6, 6.07) is 18.1. The third-order valence-corrected chi connectivity index (χ3v) is 8.35. The Hall–Kier alpha value is -3.83. The number of Topliss-reactive ketones (excluding diaryl/α,β-unsaturated/α-hetero) is 1. The van der Waals surface area contributed by atoms with Crippen LogP contribution in [0.2, 0.25) is 0 Å². The van der Waals surface area contributed by atoms with Gasteiger partial charge in [0.05, 0.1) is 23.8 Å².